The van der Waals surface area contributed by atoms with Crippen LogP contribution in [0.5, 0.6) is 0 Å². The zero-order chi connectivity index (χ0) is 12.6. The van der Waals surface area contributed by atoms with Crippen LogP contribution in [-0.2, 0) is 0 Å². The van der Waals surface area contributed by atoms with Gasteiger partial charge in [-0.25, -0.2) is 4.68 Å². The number of nitrogens with zero attached hydrogens (tertiary/aromatic N) is 3. The number of anilines is 1. The maximum absolute atomic E-state index is 5.89. The second kappa shape index (κ2) is 4.24. The van der Waals surface area contributed by atoms with Gasteiger partial charge in [-0.15, -0.1) is 0 Å². The SMILES string of the molecule is CC(C)c1cc(-c2cc(N)n(C(C)C)n2)no1. The molecule has 2 heterocycles. The van der Waals surface area contributed by atoms with Crippen molar-refractivity contribution in [2.75, 3.05) is 5.73 Å². The Bertz CT molecular complexity index is 510. The van der Waals surface area contributed by atoms with Crippen LogP contribution in [0.25, 0.3) is 11.4 Å². The van der Waals surface area contributed by atoms with Gasteiger partial charge in [0.15, 0.2) is 0 Å². The smallest absolute Gasteiger partial charge is 0.139 e. The third-order valence-electron chi connectivity index (χ3n) is 2.61. The minimum absolute atomic E-state index is 0.236. The molecule has 0 atom stereocenters. The molecule has 0 unspecified atom stereocenters. The fourth-order valence-corrected chi connectivity index (χ4v) is 1.63. The first kappa shape index (κ1) is 11.7. The topological polar surface area (TPSA) is 69.9 Å². The lowest BCUT2D eigenvalue weighted by molar-refractivity contribution is 0.372. The highest BCUT2D eigenvalue weighted by atomic mass is 16.5. The van der Waals surface area contributed by atoms with E-state index in [1.54, 1.807) is 4.68 Å². The Kier molecular flexibility index (Phi) is 2.92. The largest absolute Gasteiger partial charge is 0.384 e. The molecule has 0 aliphatic rings. The van der Waals surface area contributed by atoms with Gasteiger partial charge < -0.3 is 10.3 Å². The highest BCUT2D eigenvalue weighted by molar-refractivity contribution is 5.58. The Balaban J connectivity index is 2.36. The summed E-state index contributed by atoms with van der Waals surface area (Å²) in [5.41, 5.74) is 7.38. The number of nitrogen functional groups attached to an aromatic ring is 1. The summed E-state index contributed by atoms with van der Waals surface area (Å²) < 4.78 is 7.03. The van der Waals surface area contributed by atoms with Gasteiger partial charge in [0.1, 0.15) is 23.0 Å². The summed E-state index contributed by atoms with van der Waals surface area (Å²) in [5, 5.41) is 8.44. The summed E-state index contributed by atoms with van der Waals surface area (Å²) >= 11 is 0. The molecule has 0 aliphatic carbocycles. The summed E-state index contributed by atoms with van der Waals surface area (Å²) in [6, 6.07) is 3.97. The first-order chi connectivity index (χ1) is 7.99. The molecule has 0 saturated heterocycles. The molecular formula is C12H18N4O. The Morgan fingerprint density at radius 2 is 1.88 bits per heavy atom. The van der Waals surface area contributed by atoms with E-state index in [9.17, 15) is 0 Å². The third kappa shape index (κ3) is 2.18. The fraction of sp³-hybridized carbons (Fsp3) is 0.500. The summed E-state index contributed by atoms with van der Waals surface area (Å²) in [5.74, 6) is 1.82. The Morgan fingerprint density at radius 3 is 2.35 bits per heavy atom. The molecule has 17 heavy (non-hydrogen) atoms. The molecule has 2 aromatic rings. The van der Waals surface area contributed by atoms with Gasteiger partial charge in [-0.05, 0) is 13.8 Å². The lowest BCUT2D eigenvalue weighted by Crippen LogP contribution is -2.06. The molecule has 0 saturated carbocycles. The summed E-state index contributed by atoms with van der Waals surface area (Å²) in [6.07, 6.45) is 0. The van der Waals surface area contributed by atoms with Crippen molar-refractivity contribution in [2.24, 2.45) is 0 Å². The number of hydrogen-bond acceptors (Lipinski definition) is 4. The normalized spacial score (nSPS) is 11.6. The van der Waals surface area contributed by atoms with Crippen LogP contribution in [0.4, 0.5) is 5.82 Å². The molecule has 5 nitrogen and oxygen atoms in total. The lowest BCUT2D eigenvalue weighted by Gasteiger charge is -2.06. The molecule has 2 aromatic heterocycles. The van der Waals surface area contributed by atoms with E-state index in [2.05, 4.69) is 24.1 Å². The number of aromatic nitrogens is 3. The second-order valence-corrected chi connectivity index (χ2v) is 4.76. The fourth-order valence-electron chi connectivity index (χ4n) is 1.63. The van der Waals surface area contributed by atoms with Gasteiger partial charge in [-0.1, -0.05) is 19.0 Å². The van der Waals surface area contributed by atoms with Crippen LogP contribution in [0.2, 0.25) is 0 Å². The highest BCUT2D eigenvalue weighted by Crippen LogP contribution is 2.24. The van der Waals surface area contributed by atoms with Crippen molar-refractivity contribution in [2.45, 2.75) is 39.7 Å². The lowest BCUT2D eigenvalue weighted by atomic mass is 10.1. The first-order valence-corrected chi connectivity index (χ1v) is 5.81. The van der Waals surface area contributed by atoms with Crippen molar-refractivity contribution in [3.63, 3.8) is 0 Å². The van der Waals surface area contributed by atoms with Crippen LogP contribution in [-0.4, -0.2) is 14.9 Å². The molecule has 2 rings (SSSR count). The maximum atomic E-state index is 5.89. The van der Waals surface area contributed by atoms with Gasteiger partial charge in [-0.2, -0.15) is 5.10 Å². The van der Waals surface area contributed by atoms with E-state index in [1.807, 2.05) is 26.0 Å². The number of hydrogen-bond donors (Lipinski definition) is 1. The van der Waals surface area contributed by atoms with Gasteiger partial charge in [0.25, 0.3) is 0 Å². The molecule has 0 spiro atoms. The van der Waals surface area contributed by atoms with Crippen LogP contribution in [0.3, 0.4) is 0 Å². The quantitative estimate of drug-likeness (QED) is 0.886. The Labute approximate surface area is 101 Å². The van der Waals surface area contributed by atoms with E-state index in [0.717, 1.165) is 17.1 Å². The van der Waals surface area contributed by atoms with Gasteiger partial charge in [-0.3, -0.25) is 0 Å². The van der Waals surface area contributed by atoms with E-state index in [1.165, 1.54) is 0 Å². The molecule has 0 amide bonds. The minimum Gasteiger partial charge on any atom is -0.384 e. The molecule has 0 bridgehead atoms. The monoisotopic (exact) mass is 234 g/mol. The van der Waals surface area contributed by atoms with E-state index in [-0.39, 0.29) is 6.04 Å². The van der Waals surface area contributed by atoms with E-state index in [4.69, 9.17) is 10.3 Å². The zero-order valence-corrected chi connectivity index (χ0v) is 10.6. The van der Waals surface area contributed by atoms with Crippen molar-refractivity contribution < 1.29 is 4.52 Å². The van der Waals surface area contributed by atoms with Crippen LogP contribution in [0.1, 0.15) is 45.4 Å². The van der Waals surface area contributed by atoms with Crippen molar-refractivity contribution in [1.29, 1.82) is 0 Å². The van der Waals surface area contributed by atoms with Crippen LogP contribution >= 0.6 is 0 Å². The predicted molar refractivity (Wildman–Crippen MR) is 66.6 cm³/mol. The molecule has 2 N–H and O–H groups in total. The van der Waals surface area contributed by atoms with Gasteiger partial charge in [0, 0.05) is 24.1 Å². The second-order valence-electron chi connectivity index (χ2n) is 4.76. The van der Waals surface area contributed by atoms with Gasteiger partial charge in [0.05, 0.1) is 0 Å². The standard InChI is InChI=1S/C12H18N4O/c1-7(2)11-5-10(15-17-11)9-6-12(13)16(14-9)8(3)4/h5-8H,13H2,1-4H3. The molecule has 0 fully saturated rings. The third-order valence-corrected chi connectivity index (χ3v) is 2.61. The number of rotatable bonds is 3. The van der Waals surface area contributed by atoms with Crippen molar-refractivity contribution in [1.82, 2.24) is 14.9 Å². The van der Waals surface area contributed by atoms with Gasteiger partial charge in [0.2, 0.25) is 0 Å². The average molecular weight is 234 g/mol. The van der Waals surface area contributed by atoms with E-state index < -0.39 is 0 Å². The van der Waals surface area contributed by atoms with E-state index >= 15 is 0 Å². The summed E-state index contributed by atoms with van der Waals surface area (Å²) in [6.45, 7) is 8.20. The molecule has 0 aromatic carbocycles. The molecule has 0 radical (unpaired) electrons. The minimum atomic E-state index is 0.236. The molecular weight excluding hydrogens is 216 g/mol. The first-order valence-electron chi connectivity index (χ1n) is 5.81. The van der Waals surface area contributed by atoms with Gasteiger partial charge >= 0.3 is 0 Å². The Morgan fingerprint density at radius 1 is 1.18 bits per heavy atom. The molecule has 0 aliphatic heterocycles. The van der Waals surface area contributed by atoms with Crippen LogP contribution in [0.15, 0.2) is 16.7 Å². The summed E-state index contributed by atoms with van der Waals surface area (Å²) in [7, 11) is 0. The zero-order valence-electron chi connectivity index (χ0n) is 10.6. The van der Waals surface area contributed by atoms with Crippen molar-refractivity contribution >= 4 is 5.82 Å². The predicted octanol–water partition coefficient (Wildman–Crippen LogP) is 2.82. The maximum Gasteiger partial charge on any atom is 0.139 e. The molecule has 92 valence electrons. The van der Waals surface area contributed by atoms with Crippen LogP contribution in [0, 0.1) is 0 Å². The highest BCUT2D eigenvalue weighted by Gasteiger charge is 2.14. The average Bonchev–Trinajstić information content (AvgIpc) is 2.82. The van der Waals surface area contributed by atoms with Crippen LogP contribution < -0.4 is 5.73 Å². The van der Waals surface area contributed by atoms with Crippen molar-refractivity contribution in [3.8, 4) is 11.4 Å². The van der Waals surface area contributed by atoms with Crippen molar-refractivity contribution in [3.05, 3.63) is 17.9 Å². The Hall–Kier alpha value is -1.78. The molecule has 5 heteroatoms. The van der Waals surface area contributed by atoms with E-state index in [0.29, 0.717) is 11.7 Å². The summed E-state index contributed by atoms with van der Waals surface area (Å²) in [4.78, 5) is 0. The number of nitrogens with two attached hydrogens (primary N) is 1.